The lowest BCUT2D eigenvalue weighted by atomic mass is 9.93. The highest BCUT2D eigenvalue weighted by Gasteiger charge is 2.22. The summed E-state index contributed by atoms with van der Waals surface area (Å²) in [5, 5.41) is 13.8. The van der Waals surface area contributed by atoms with E-state index < -0.39 is 0 Å². The maximum atomic E-state index is 9.42. The van der Waals surface area contributed by atoms with Gasteiger partial charge in [-0.15, -0.1) is 5.10 Å². The van der Waals surface area contributed by atoms with E-state index in [0.717, 1.165) is 29.3 Å². The smallest absolute Gasteiger partial charge is 0.246 e. The van der Waals surface area contributed by atoms with Gasteiger partial charge in [0.1, 0.15) is 0 Å². The fourth-order valence-corrected chi connectivity index (χ4v) is 2.61. The van der Waals surface area contributed by atoms with E-state index in [0.29, 0.717) is 11.9 Å². The summed E-state index contributed by atoms with van der Waals surface area (Å²) in [6, 6.07) is 0.422. The monoisotopic (exact) mass is 322 g/mol. The van der Waals surface area contributed by atoms with Crippen LogP contribution in [0, 0.1) is 3.57 Å². The van der Waals surface area contributed by atoms with Gasteiger partial charge in [0.15, 0.2) is 0 Å². The molecule has 1 N–H and O–H groups in total. The molecule has 1 aromatic heterocycles. The third-order valence-electron chi connectivity index (χ3n) is 2.89. The van der Waals surface area contributed by atoms with Crippen LogP contribution in [-0.4, -0.2) is 28.1 Å². The quantitative estimate of drug-likeness (QED) is 0.847. The molecule has 0 amide bonds. The molecule has 1 heterocycles. The van der Waals surface area contributed by atoms with Gasteiger partial charge >= 0.3 is 0 Å². The van der Waals surface area contributed by atoms with E-state index in [1.165, 1.54) is 0 Å². The van der Waals surface area contributed by atoms with Crippen molar-refractivity contribution in [2.45, 2.75) is 37.8 Å². The fraction of sp³-hybridized carbons (Fsp3) is 0.700. The zero-order valence-corrected chi connectivity index (χ0v) is 10.8. The molecule has 5 heteroatoms. The van der Waals surface area contributed by atoms with E-state index in [9.17, 15) is 5.11 Å². The summed E-state index contributed by atoms with van der Waals surface area (Å²) in [4.78, 5) is 0. The molecular weight excluding hydrogens is 307 g/mol. The molecule has 0 bridgehead atoms. The molecule has 15 heavy (non-hydrogen) atoms. The van der Waals surface area contributed by atoms with E-state index in [4.69, 9.17) is 4.74 Å². The molecule has 0 spiro atoms. The zero-order chi connectivity index (χ0) is 10.8. The number of aromatic nitrogens is 2. The van der Waals surface area contributed by atoms with E-state index >= 15 is 0 Å². The molecule has 1 aromatic rings. The second-order valence-corrected chi connectivity index (χ2v) is 5.09. The number of halogens is 1. The molecule has 84 valence electrons. The molecule has 1 aliphatic carbocycles. The van der Waals surface area contributed by atoms with Gasteiger partial charge in [-0.25, -0.2) is 0 Å². The fourth-order valence-electron chi connectivity index (χ4n) is 2.00. The lowest BCUT2D eigenvalue weighted by Crippen LogP contribution is -2.21. The lowest BCUT2D eigenvalue weighted by Gasteiger charge is -2.25. The number of aliphatic hydroxyl groups excluding tert-OH is 1. The van der Waals surface area contributed by atoms with Crippen LogP contribution in [0.1, 0.15) is 31.7 Å². The van der Waals surface area contributed by atoms with Crippen LogP contribution in [0.5, 0.6) is 5.88 Å². The van der Waals surface area contributed by atoms with Crippen molar-refractivity contribution in [3.63, 3.8) is 0 Å². The van der Waals surface area contributed by atoms with Crippen LogP contribution in [0.15, 0.2) is 6.20 Å². The molecule has 1 aliphatic rings. The van der Waals surface area contributed by atoms with Crippen molar-refractivity contribution < 1.29 is 9.84 Å². The van der Waals surface area contributed by atoms with Crippen molar-refractivity contribution in [2.75, 3.05) is 7.11 Å². The largest absolute Gasteiger partial charge is 0.479 e. The SMILES string of the molecule is COc1nn(C2CCC(O)CC2)cc1I. The van der Waals surface area contributed by atoms with E-state index in [-0.39, 0.29) is 6.10 Å². The number of hydrogen-bond donors (Lipinski definition) is 1. The average Bonchev–Trinajstić information content (AvgIpc) is 2.61. The Hall–Kier alpha value is -0.300. The molecule has 1 saturated carbocycles. The van der Waals surface area contributed by atoms with Gasteiger partial charge in [0.2, 0.25) is 5.88 Å². The van der Waals surface area contributed by atoms with Crippen LogP contribution in [0.2, 0.25) is 0 Å². The normalized spacial score (nSPS) is 26.6. The van der Waals surface area contributed by atoms with Crippen LogP contribution in [0.25, 0.3) is 0 Å². The first-order chi connectivity index (χ1) is 7.20. The lowest BCUT2D eigenvalue weighted by molar-refractivity contribution is 0.107. The minimum atomic E-state index is -0.113. The summed E-state index contributed by atoms with van der Waals surface area (Å²) in [6.07, 6.45) is 5.66. The van der Waals surface area contributed by atoms with E-state index in [1.807, 2.05) is 10.9 Å². The summed E-state index contributed by atoms with van der Waals surface area (Å²) < 4.78 is 8.17. The maximum absolute atomic E-state index is 9.42. The standard InChI is InChI=1S/C10H15IN2O2/c1-15-10-9(11)6-13(12-10)7-2-4-8(14)5-3-7/h6-8,14H,2-5H2,1H3. The molecule has 0 saturated heterocycles. The highest BCUT2D eigenvalue weighted by atomic mass is 127. The minimum Gasteiger partial charge on any atom is -0.479 e. The van der Waals surface area contributed by atoms with Gasteiger partial charge in [0.25, 0.3) is 0 Å². The Kier molecular flexibility index (Phi) is 3.50. The van der Waals surface area contributed by atoms with Crippen molar-refractivity contribution in [1.82, 2.24) is 9.78 Å². The first-order valence-corrected chi connectivity index (χ1v) is 6.25. The number of nitrogens with zero attached hydrogens (tertiary/aromatic N) is 2. The molecule has 0 aromatic carbocycles. The molecular formula is C10H15IN2O2. The second kappa shape index (κ2) is 4.69. The Balaban J connectivity index is 2.09. The molecule has 0 unspecified atom stereocenters. The Bertz CT molecular complexity index is 332. The molecule has 0 atom stereocenters. The zero-order valence-electron chi connectivity index (χ0n) is 8.69. The Morgan fingerprint density at radius 1 is 1.47 bits per heavy atom. The molecule has 0 aliphatic heterocycles. The average molecular weight is 322 g/mol. The number of rotatable bonds is 2. The minimum absolute atomic E-state index is 0.113. The first kappa shape index (κ1) is 11.2. The van der Waals surface area contributed by atoms with Gasteiger partial charge in [0.05, 0.1) is 22.8 Å². The van der Waals surface area contributed by atoms with Gasteiger partial charge < -0.3 is 9.84 Å². The second-order valence-electron chi connectivity index (χ2n) is 3.93. The highest BCUT2D eigenvalue weighted by molar-refractivity contribution is 14.1. The predicted octanol–water partition coefficient (Wildman–Crippen LogP) is 1.97. The van der Waals surface area contributed by atoms with Gasteiger partial charge in [-0.1, -0.05) is 0 Å². The molecule has 4 nitrogen and oxygen atoms in total. The molecule has 2 rings (SSSR count). The Labute approximate surface area is 103 Å². The number of aliphatic hydroxyl groups is 1. The number of methoxy groups -OCH3 is 1. The summed E-state index contributed by atoms with van der Waals surface area (Å²) >= 11 is 2.22. The summed E-state index contributed by atoms with van der Waals surface area (Å²) in [6.45, 7) is 0. The van der Waals surface area contributed by atoms with Crippen LogP contribution >= 0.6 is 22.6 Å². The van der Waals surface area contributed by atoms with Crippen molar-refractivity contribution >= 4 is 22.6 Å². The summed E-state index contributed by atoms with van der Waals surface area (Å²) in [5.74, 6) is 0.696. The van der Waals surface area contributed by atoms with Gasteiger partial charge in [0, 0.05) is 6.20 Å². The Morgan fingerprint density at radius 2 is 2.13 bits per heavy atom. The van der Waals surface area contributed by atoms with Crippen molar-refractivity contribution in [3.05, 3.63) is 9.77 Å². The summed E-state index contributed by atoms with van der Waals surface area (Å²) in [5.41, 5.74) is 0. The van der Waals surface area contributed by atoms with Crippen LogP contribution in [-0.2, 0) is 0 Å². The van der Waals surface area contributed by atoms with E-state index in [1.54, 1.807) is 7.11 Å². The van der Waals surface area contributed by atoms with Crippen LogP contribution in [0.3, 0.4) is 0 Å². The third kappa shape index (κ3) is 2.44. The number of ether oxygens (including phenoxy) is 1. The van der Waals surface area contributed by atoms with Gasteiger partial charge in [-0.2, -0.15) is 0 Å². The summed E-state index contributed by atoms with van der Waals surface area (Å²) in [7, 11) is 1.64. The third-order valence-corrected chi connectivity index (χ3v) is 3.63. The van der Waals surface area contributed by atoms with Crippen LogP contribution in [0.4, 0.5) is 0 Å². The van der Waals surface area contributed by atoms with Gasteiger partial charge in [-0.05, 0) is 48.3 Å². The predicted molar refractivity (Wildman–Crippen MR) is 65.0 cm³/mol. The number of hydrogen-bond acceptors (Lipinski definition) is 3. The Morgan fingerprint density at radius 3 is 2.67 bits per heavy atom. The molecule has 0 radical (unpaired) electrons. The van der Waals surface area contributed by atoms with Crippen molar-refractivity contribution in [1.29, 1.82) is 0 Å². The van der Waals surface area contributed by atoms with Crippen molar-refractivity contribution in [3.8, 4) is 5.88 Å². The van der Waals surface area contributed by atoms with Crippen LogP contribution < -0.4 is 4.74 Å². The molecule has 1 fully saturated rings. The maximum Gasteiger partial charge on any atom is 0.246 e. The van der Waals surface area contributed by atoms with Gasteiger partial charge in [-0.3, -0.25) is 4.68 Å². The van der Waals surface area contributed by atoms with E-state index in [2.05, 4.69) is 27.7 Å². The highest BCUT2D eigenvalue weighted by Crippen LogP contribution is 2.30. The van der Waals surface area contributed by atoms with Crippen molar-refractivity contribution in [2.24, 2.45) is 0 Å². The topological polar surface area (TPSA) is 47.3 Å². The first-order valence-electron chi connectivity index (χ1n) is 5.17.